The molecule has 0 saturated heterocycles. The van der Waals surface area contributed by atoms with Gasteiger partial charge in [0, 0.05) is 6.42 Å². The summed E-state index contributed by atoms with van der Waals surface area (Å²) >= 11 is 0. The number of carbonyl (C=O) groups is 1. The van der Waals surface area contributed by atoms with Crippen LogP contribution < -0.4 is 5.73 Å². The Labute approximate surface area is 85.7 Å². The normalized spacial score (nSPS) is 13.9. The number of nitrogens with two attached hydrogens (primary N) is 1. The largest absolute Gasteiger partial charge is 0.480 e. The third kappa shape index (κ3) is 5.60. The van der Waals surface area contributed by atoms with E-state index in [9.17, 15) is 4.79 Å². The van der Waals surface area contributed by atoms with Crippen LogP contribution >= 0.6 is 0 Å². The average Bonchev–Trinajstić information content (AvgIpc) is 2.10. The minimum atomic E-state index is -1.07. The Morgan fingerprint density at radius 3 is 2.57 bits per heavy atom. The highest BCUT2D eigenvalue weighted by molar-refractivity contribution is 5.77. The van der Waals surface area contributed by atoms with E-state index in [0.717, 1.165) is 25.7 Å². The standard InChI is InChI=1S/C11H19NO2/c1-3-4-5-6-7-8-9-11(2,12)10(13)14/h5-9,12H2,1-2H3,(H,13,14)/t11-/m0/s1. The number of carboxylic acids is 1. The molecule has 0 aliphatic carbocycles. The van der Waals surface area contributed by atoms with Crippen LogP contribution in [-0.2, 0) is 4.79 Å². The Hall–Kier alpha value is -1.01. The van der Waals surface area contributed by atoms with Crippen LogP contribution in [0.5, 0.6) is 0 Å². The third-order valence-electron chi connectivity index (χ3n) is 2.16. The fraction of sp³-hybridized carbons (Fsp3) is 0.727. The van der Waals surface area contributed by atoms with Gasteiger partial charge in [-0.1, -0.05) is 12.8 Å². The maximum atomic E-state index is 10.6. The molecule has 0 aromatic rings. The van der Waals surface area contributed by atoms with Gasteiger partial charge in [-0.05, 0) is 26.7 Å². The Morgan fingerprint density at radius 1 is 1.43 bits per heavy atom. The van der Waals surface area contributed by atoms with Gasteiger partial charge in [0.2, 0.25) is 0 Å². The highest BCUT2D eigenvalue weighted by Crippen LogP contribution is 2.12. The number of unbranched alkanes of at least 4 members (excludes halogenated alkanes) is 3. The summed E-state index contributed by atoms with van der Waals surface area (Å²) in [5.74, 6) is 4.87. The molecule has 14 heavy (non-hydrogen) atoms. The average molecular weight is 197 g/mol. The van der Waals surface area contributed by atoms with Crippen LogP contribution in [0.4, 0.5) is 0 Å². The second-order valence-electron chi connectivity index (χ2n) is 3.71. The van der Waals surface area contributed by atoms with Crippen molar-refractivity contribution in [1.82, 2.24) is 0 Å². The molecule has 3 heteroatoms. The molecule has 0 amide bonds. The summed E-state index contributed by atoms with van der Waals surface area (Å²) in [7, 11) is 0. The Kier molecular flexibility index (Phi) is 5.98. The molecule has 0 radical (unpaired) electrons. The van der Waals surface area contributed by atoms with Crippen LogP contribution in [0.3, 0.4) is 0 Å². The molecule has 0 fully saturated rings. The van der Waals surface area contributed by atoms with Crippen molar-refractivity contribution < 1.29 is 9.90 Å². The van der Waals surface area contributed by atoms with Gasteiger partial charge in [-0.25, -0.2) is 0 Å². The van der Waals surface area contributed by atoms with Gasteiger partial charge >= 0.3 is 5.97 Å². The van der Waals surface area contributed by atoms with Crippen LogP contribution in [-0.4, -0.2) is 16.6 Å². The highest BCUT2D eigenvalue weighted by Gasteiger charge is 2.26. The molecule has 0 aliphatic heterocycles. The fourth-order valence-electron chi connectivity index (χ4n) is 1.11. The first-order valence-corrected chi connectivity index (χ1v) is 4.92. The molecule has 0 rings (SSSR count). The Balaban J connectivity index is 3.52. The monoisotopic (exact) mass is 197 g/mol. The predicted molar refractivity (Wildman–Crippen MR) is 56.8 cm³/mol. The summed E-state index contributed by atoms with van der Waals surface area (Å²) in [6.07, 6.45) is 4.29. The molecule has 0 aliphatic rings. The van der Waals surface area contributed by atoms with Crippen molar-refractivity contribution in [3.05, 3.63) is 0 Å². The molecule has 0 spiro atoms. The molecule has 3 nitrogen and oxygen atoms in total. The van der Waals surface area contributed by atoms with Crippen LogP contribution in [0, 0.1) is 11.8 Å². The fourth-order valence-corrected chi connectivity index (χ4v) is 1.11. The van der Waals surface area contributed by atoms with E-state index in [0.29, 0.717) is 6.42 Å². The van der Waals surface area contributed by atoms with E-state index in [1.807, 2.05) is 6.92 Å². The molecule has 0 saturated carbocycles. The molecule has 1 atom stereocenters. The van der Waals surface area contributed by atoms with Crippen molar-refractivity contribution in [3.63, 3.8) is 0 Å². The smallest absolute Gasteiger partial charge is 0.323 e. The molecule has 0 aromatic heterocycles. The van der Waals surface area contributed by atoms with Gasteiger partial charge in [-0.2, -0.15) is 0 Å². The first-order valence-electron chi connectivity index (χ1n) is 4.92. The summed E-state index contributed by atoms with van der Waals surface area (Å²) < 4.78 is 0. The Morgan fingerprint density at radius 2 is 2.07 bits per heavy atom. The van der Waals surface area contributed by atoms with Crippen molar-refractivity contribution >= 4 is 5.97 Å². The molecule has 0 aromatic carbocycles. The Bertz CT molecular complexity index is 235. The second kappa shape index (κ2) is 6.44. The second-order valence-corrected chi connectivity index (χ2v) is 3.71. The number of carboxylic acid groups (broad SMARTS) is 1. The van der Waals surface area contributed by atoms with Crippen molar-refractivity contribution in [2.24, 2.45) is 5.73 Å². The van der Waals surface area contributed by atoms with Gasteiger partial charge in [0.25, 0.3) is 0 Å². The van der Waals surface area contributed by atoms with E-state index in [1.165, 1.54) is 0 Å². The lowest BCUT2D eigenvalue weighted by Gasteiger charge is -2.18. The minimum Gasteiger partial charge on any atom is -0.480 e. The molecule has 0 unspecified atom stereocenters. The zero-order valence-corrected chi connectivity index (χ0v) is 8.97. The molecular formula is C11H19NO2. The number of aliphatic carboxylic acids is 1. The van der Waals surface area contributed by atoms with Crippen LogP contribution in [0.1, 0.15) is 46.0 Å². The summed E-state index contributed by atoms with van der Waals surface area (Å²) in [5.41, 5.74) is 4.50. The SMILES string of the molecule is CC#CCCCCC[C@](C)(N)C(=O)O. The molecule has 80 valence electrons. The van der Waals surface area contributed by atoms with E-state index in [4.69, 9.17) is 10.8 Å². The molecule has 3 N–H and O–H groups in total. The van der Waals surface area contributed by atoms with Crippen LogP contribution in [0.2, 0.25) is 0 Å². The van der Waals surface area contributed by atoms with E-state index in [-0.39, 0.29) is 0 Å². The van der Waals surface area contributed by atoms with Gasteiger partial charge in [0.1, 0.15) is 5.54 Å². The molecule has 0 heterocycles. The van der Waals surface area contributed by atoms with E-state index in [1.54, 1.807) is 6.92 Å². The number of hydrogen-bond acceptors (Lipinski definition) is 2. The maximum absolute atomic E-state index is 10.6. The number of hydrogen-bond donors (Lipinski definition) is 2. The van der Waals surface area contributed by atoms with E-state index >= 15 is 0 Å². The van der Waals surface area contributed by atoms with E-state index in [2.05, 4.69) is 11.8 Å². The topological polar surface area (TPSA) is 63.3 Å². The molecular weight excluding hydrogens is 178 g/mol. The zero-order valence-electron chi connectivity index (χ0n) is 8.97. The molecule has 0 bridgehead atoms. The lowest BCUT2D eigenvalue weighted by molar-refractivity contribution is -0.142. The summed E-state index contributed by atoms with van der Waals surface area (Å²) in [6, 6.07) is 0. The lowest BCUT2D eigenvalue weighted by atomic mass is 9.95. The first kappa shape index (κ1) is 13.0. The number of rotatable bonds is 6. The zero-order chi connectivity index (χ0) is 11.0. The van der Waals surface area contributed by atoms with Gasteiger partial charge in [0.05, 0.1) is 0 Å². The van der Waals surface area contributed by atoms with Gasteiger partial charge in [-0.3, -0.25) is 4.79 Å². The lowest BCUT2D eigenvalue weighted by Crippen LogP contribution is -2.44. The van der Waals surface area contributed by atoms with Gasteiger partial charge in [-0.15, -0.1) is 11.8 Å². The van der Waals surface area contributed by atoms with Crippen molar-refractivity contribution in [1.29, 1.82) is 0 Å². The summed E-state index contributed by atoms with van der Waals surface area (Å²) in [6.45, 7) is 3.38. The van der Waals surface area contributed by atoms with Crippen molar-refractivity contribution in [2.75, 3.05) is 0 Å². The summed E-state index contributed by atoms with van der Waals surface area (Å²) in [5, 5.41) is 8.73. The maximum Gasteiger partial charge on any atom is 0.323 e. The van der Waals surface area contributed by atoms with Gasteiger partial charge in [0.15, 0.2) is 0 Å². The highest BCUT2D eigenvalue weighted by atomic mass is 16.4. The quantitative estimate of drug-likeness (QED) is 0.504. The summed E-state index contributed by atoms with van der Waals surface area (Å²) in [4.78, 5) is 10.6. The minimum absolute atomic E-state index is 0.530. The van der Waals surface area contributed by atoms with Crippen LogP contribution in [0.15, 0.2) is 0 Å². The first-order chi connectivity index (χ1) is 6.50. The predicted octanol–water partition coefficient (Wildman–Crippen LogP) is 1.76. The van der Waals surface area contributed by atoms with Crippen molar-refractivity contribution in [3.8, 4) is 11.8 Å². The van der Waals surface area contributed by atoms with Crippen LogP contribution in [0.25, 0.3) is 0 Å². The van der Waals surface area contributed by atoms with E-state index < -0.39 is 11.5 Å². The van der Waals surface area contributed by atoms with Gasteiger partial charge < -0.3 is 10.8 Å². The third-order valence-corrected chi connectivity index (χ3v) is 2.16. The van der Waals surface area contributed by atoms with Crippen molar-refractivity contribution in [2.45, 2.75) is 51.5 Å².